The minimum Gasteiger partial charge on any atom is -0.363 e. The highest BCUT2D eigenvalue weighted by molar-refractivity contribution is 7.91. The zero-order chi connectivity index (χ0) is 21.6. The molecule has 14 heteroatoms. The Morgan fingerprint density at radius 1 is 1.10 bits per heavy atom. The average Bonchev–Trinajstić information content (AvgIpc) is 3.07. The normalized spacial score (nSPS) is 16.2. The van der Waals surface area contributed by atoms with Crippen LogP contribution in [0.4, 0.5) is 24.5 Å². The van der Waals surface area contributed by atoms with Crippen LogP contribution in [0.25, 0.3) is 0 Å². The van der Waals surface area contributed by atoms with E-state index in [-0.39, 0.29) is 36.1 Å². The molecule has 0 aliphatic carbocycles. The lowest BCUT2D eigenvalue weighted by atomic mass is 10.1. The molecule has 0 saturated carbocycles. The Balaban J connectivity index is 1.86. The van der Waals surface area contributed by atoms with E-state index in [1.165, 1.54) is 21.3 Å². The standard InChI is InChI=1S/C15H12Cl2F3N3O4S2/c16-10-8-11(12(23(24)25)7-9(10)15(18,19)20)21-3-5-22(6-4-21)29(26,27)14-2-1-13(17)28-14/h1-2,7-8H,3-6H2. The number of thiophene rings is 1. The zero-order valence-electron chi connectivity index (χ0n) is 14.3. The molecule has 1 aliphatic heterocycles. The van der Waals surface area contributed by atoms with Gasteiger partial charge in [-0.1, -0.05) is 23.2 Å². The first kappa shape index (κ1) is 22.1. The van der Waals surface area contributed by atoms with E-state index in [0.29, 0.717) is 10.4 Å². The number of halogens is 5. The van der Waals surface area contributed by atoms with E-state index < -0.39 is 37.4 Å². The van der Waals surface area contributed by atoms with Crippen LogP contribution in [-0.2, 0) is 16.2 Å². The Bertz CT molecular complexity index is 1050. The number of nitro groups is 1. The molecule has 2 heterocycles. The lowest BCUT2D eigenvalue weighted by Crippen LogP contribution is -2.48. The SMILES string of the molecule is O=[N+]([O-])c1cc(C(F)(F)F)c(Cl)cc1N1CCN(S(=O)(=O)c2ccc(Cl)s2)CC1. The fraction of sp³-hybridized carbons (Fsp3) is 0.333. The highest BCUT2D eigenvalue weighted by atomic mass is 35.5. The molecule has 0 spiro atoms. The maximum Gasteiger partial charge on any atom is 0.418 e. The summed E-state index contributed by atoms with van der Waals surface area (Å²) in [6.07, 6.45) is -4.84. The first-order chi connectivity index (χ1) is 13.4. The maximum atomic E-state index is 13.0. The monoisotopic (exact) mass is 489 g/mol. The van der Waals surface area contributed by atoms with Crippen LogP contribution in [0, 0.1) is 10.1 Å². The van der Waals surface area contributed by atoms with Crippen molar-refractivity contribution in [1.29, 1.82) is 0 Å². The van der Waals surface area contributed by atoms with Gasteiger partial charge in [-0.05, 0) is 18.2 Å². The third kappa shape index (κ3) is 4.45. The smallest absolute Gasteiger partial charge is 0.363 e. The number of hydrogen-bond acceptors (Lipinski definition) is 6. The second-order valence-electron chi connectivity index (χ2n) is 6.03. The Kier molecular flexibility index (Phi) is 6.03. The number of benzene rings is 1. The molecule has 1 aromatic heterocycles. The van der Waals surface area contributed by atoms with E-state index in [0.717, 1.165) is 17.4 Å². The number of nitrogens with zero attached hydrogens (tertiary/aromatic N) is 3. The second kappa shape index (κ2) is 7.91. The highest BCUT2D eigenvalue weighted by Gasteiger charge is 2.38. The lowest BCUT2D eigenvalue weighted by Gasteiger charge is -2.35. The van der Waals surface area contributed by atoms with E-state index in [1.807, 2.05) is 0 Å². The number of nitro benzene ring substituents is 1. The first-order valence-corrected chi connectivity index (χ1v) is 11.0. The fourth-order valence-corrected chi connectivity index (χ4v) is 6.23. The number of hydrogen-bond donors (Lipinski definition) is 0. The van der Waals surface area contributed by atoms with Crippen LogP contribution in [0.2, 0.25) is 9.36 Å². The first-order valence-electron chi connectivity index (χ1n) is 7.97. The third-order valence-corrected chi connectivity index (χ3v) is 8.20. The summed E-state index contributed by atoms with van der Waals surface area (Å²) in [5.41, 5.74) is -2.14. The van der Waals surface area contributed by atoms with E-state index in [9.17, 15) is 31.7 Å². The van der Waals surface area contributed by atoms with Gasteiger partial charge in [0.1, 0.15) is 9.90 Å². The van der Waals surface area contributed by atoms with Crippen molar-refractivity contribution in [2.45, 2.75) is 10.4 Å². The molecule has 0 bridgehead atoms. The van der Waals surface area contributed by atoms with Gasteiger partial charge >= 0.3 is 6.18 Å². The zero-order valence-corrected chi connectivity index (χ0v) is 17.5. The lowest BCUT2D eigenvalue weighted by molar-refractivity contribution is -0.384. The van der Waals surface area contributed by atoms with Crippen LogP contribution < -0.4 is 4.90 Å². The van der Waals surface area contributed by atoms with Crippen molar-refractivity contribution in [3.05, 3.63) is 49.3 Å². The molecule has 0 atom stereocenters. The van der Waals surface area contributed by atoms with Crippen LogP contribution >= 0.6 is 34.5 Å². The number of anilines is 1. The Morgan fingerprint density at radius 3 is 2.21 bits per heavy atom. The van der Waals surface area contributed by atoms with Crippen molar-refractivity contribution >= 4 is 55.9 Å². The molecule has 1 aliphatic rings. The molecule has 3 rings (SSSR count). The van der Waals surface area contributed by atoms with E-state index in [2.05, 4.69) is 0 Å². The molecule has 7 nitrogen and oxygen atoms in total. The van der Waals surface area contributed by atoms with Gasteiger partial charge in [0.2, 0.25) is 0 Å². The predicted octanol–water partition coefficient (Wildman–Crippen LogP) is 4.49. The number of alkyl halides is 3. The van der Waals surface area contributed by atoms with Gasteiger partial charge in [0, 0.05) is 32.2 Å². The summed E-state index contributed by atoms with van der Waals surface area (Å²) in [4.78, 5) is 11.8. The second-order valence-corrected chi connectivity index (χ2v) is 10.3. The molecule has 0 amide bonds. The average molecular weight is 490 g/mol. The van der Waals surface area contributed by atoms with Crippen molar-refractivity contribution < 1.29 is 26.5 Å². The number of sulfonamides is 1. The fourth-order valence-electron chi connectivity index (χ4n) is 2.90. The number of piperazine rings is 1. The largest absolute Gasteiger partial charge is 0.418 e. The van der Waals surface area contributed by atoms with Crippen LogP contribution in [0.15, 0.2) is 28.5 Å². The van der Waals surface area contributed by atoms with E-state index in [1.54, 1.807) is 0 Å². The molecule has 0 radical (unpaired) electrons. The summed E-state index contributed by atoms with van der Waals surface area (Å²) in [5, 5.41) is 10.7. The summed E-state index contributed by atoms with van der Waals surface area (Å²) in [7, 11) is -3.78. The molecule has 1 aromatic carbocycles. The molecule has 29 heavy (non-hydrogen) atoms. The third-order valence-electron chi connectivity index (χ3n) is 4.29. The van der Waals surface area contributed by atoms with Crippen molar-refractivity contribution in [3.63, 3.8) is 0 Å². The Hall–Kier alpha value is -1.60. The molecule has 158 valence electrons. The van der Waals surface area contributed by atoms with Gasteiger partial charge in [0.05, 0.1) is 19.8 Å². The van der Waals surface area contributed by atoms with Gasteiger partial charge in [-0.15, -0.1) is 11.3 Å². The van der Waals surface area contributed by atoms with Gasteiger partial charge in [-0.2, -0.15) is 17.5 Å². The van der Waals surface area contributed by atoms with Crippen LogP contribution in [0.1, 0.15) is 5.56 Å². The van der Waals surface area contributed by atoms with Crippen molar-refractivity contribution in [2.24, 2.45) is 0 Å². The molecular formula is C15H12Cl2F3N3O4S2. The minimum absolute atomic E-state index is 0.00630. The van der Waals surface area contributed by atoms with E-state index >= 15 is 0 Å². The molecule has 1 fully saturated rings. The van der Waals surface area contributed by atoms with Gasteiger partial charge in [0.15, 0.2) is 0 Å². The molecule has 1 saturated heterocycles. The van der Waals surface area contributed by atoms with Crippen LogP contribution in [0.5, 0.6) is 0 Å². The van der Waals surface area contributed by atoms with Gasteiger partial charge in [-0.25, -0.2) is 8.42 Å². The minimum atomic E-state index is -4.84. The Morgan fingerprint density at radius 2 is 1.72 bits per heavy atom. The Labute approximate surface area is 177 Å². The van der Waals surface area contributed by atoms with E-state index in [4.69, 9.17) is 23.2 Å². The molecule has 0 N–H and O–H groups in total. The van der Waals surface area contributed by atoms with Crippen molar-refractivity contribution in [2.75, 3.05) is 31.1 Å². The predicted molar refractivity (Wildman–Crippen MR) is 103 cm³/mol. The molecule has 0 unspecified atom stereocenters. The summed E-state index contributed by atoms with van der Waals surface area (Å²) in [6.45, 7) is 0.0725. The molecular weight excluding hydrogens is 478 g/mol. The summed E-state index contributed by atoms with van der Waals surface area (Å²) in [5.74, 6) is 0. The highest BCUT2D eigenvalue weighted by Crippen LogP contribution is 2.42. The topological polar surface area (TPSA) is 83.8 Å². The quantitative estimate of drug-likeness (QED) is 0.466. The van der Waals surface area contributed by atoms with Crippen molar-refractivity contribution in [3.8, 4) is 0 Å². The number of rotatable bonds is 4. The van der Waals surface area contributed by atoms with Gasteiger partial charge < -0.3 is 4.90 Å². The van der Waals surface area contributed by atoms with Gasteiger partial charge in [-0.3, -0.25) is 10.1 Å². The van der Waals surface area contributed by atoms with Crippen molar-refractivity contribution in [1.82, 2.24) is 4.31 Å². The summed E-state index contributed by atoms with van der Waals surface area (Å²) >= 11 is 12.4. The van der Waals surface area contributed by atoms with Crippen LogP contribution in [-0.4, -0.2) is 43.8 Å². The summed E-state index contributed by atoms with van der Waals surface area (Å²) in [6, 6.07) is 4.14. The summed E-state index contributed by atoms with van der Waals surface area (Å²) < 4.78 is 65.9. The maximum absolute atomic E-state index is 13.0. The van der Waals surface area contributed by atoms with Crippen LogP contribution in [0.3, 0.4) is 0 Å². The van der Waals surface area contributed by atoms with Gasteiger partial charge in [0.25, 0.3) is 15.7 Å². The molecule has 2 aromatic rings.